The first-order chi connectivity index (χ1) is 7.89. The standard InChI is InChI=1S/C12H15ClO3S/c1-8-6-9-11(7-10(8)13)16-5-3-4-12(9)17(2,14)15/h6-7,12H,3-5H2,1-2H3. The Balaban J connectivity index is 2.60. The summed E-state index contributed by atoms with van der Waals surface area (Å²) in [6.07, 6.45) is 2.62. The summed E-state index contributed by atoms with van der Waals surface area (Å²) in [5.41, 5.74) is 1.62. The summed E-state index contributed by atoms with van der Waals surface area (Å²) in [5, 5.41) is 0.133. The van der Waals surface area contributed by atoms with E-state index in [1.807, 2.05) is 13.0 Å². The molecule has 0 saturated heterocycles. The van der Waals surface area contributed by atoms with Gasteiger partial charge < -0.3 is 4.74 Å². The van der Waals surface area contributed by atoms with Gasteiger partial charge in [-0.05, 0) is 37.5 Å². The van der Waals surface area contributed by atoms with Crippen molar-refractivity contribution in [3.05, 3.63) is 28.3 Å². The van der Waals surface area contributed by atoms with E-state index in [1.54, 1.807) is 6.07 Å². The first-order valence-corrected chi connectivity index (χ1v) is 7.84. The maximum atomic E-state index is 11.8. The van der Waals surface area contributed by atoms with E-state index in [-0.39, 0.29) is 0 Å². The minimum absolute atomic E-state index is 0.476. The molecule has 94 valence electrons. The van der Waals surface area contributed by atoms with E-state index in [1.165, 1.54) is 6.26 Å². The van der Waals surface area contributed by atoms with Crippen molar-refractivity contribution in [1.82, 2.24) is 0 Å². The Morgan fingerprint density at radius 2 is 2.12 bits per heavy atom. The second-order valence-corrected chi connectivity index (χ2v) is 7.08. The third kappa shape index (κ3) is 2.58. The number of rotatable bonds is 1. The molecular weight excluding hydrogens is 260 g/mol. The van der Waals surface area contributed by atoms with Crippen molar-refractivity contribution >= 4 is 21.4 Å². The summed E-state index contributed by atoms with van der Waals surface area (Å²) < 4.78 is 29.2. The first kappa shape index (κ1) is 12.7. The number of hydrogen-bond acceptors (Lipinski definition) is 3. The van der Waals surface area contributed by atoms with Gasteiger partial charge in [0.25, 0.3) is 0 Å². The Bertz CT molecular complexity index is 537. The second kappa shape index (κ2) is 4.50. The molecule has 0 aromatic heterocycles. The van der Waals surface area contributed by atoms with Gasteiger partial charge in [0, 0.05) is 16.8 Å². The fraction of sp³-hybridized carbons (Fsp3) is 0.500. The van der Waals surface area contributed by atoms with Crippen LogP contribution in [-0.4, -0.2) is 21.3 Å². The summed E-state index contributed by atoms with van der Waals surface area (Å²) in [6.45, 7) is 2.41. The van der Waals surface area contributed by atoms with Gasteiger partial charge in [0.05, 0.1) is 11.9 Å². The highest BCUT2D eigenvalue weighted by Gasteiger charge is 2.28. The summed E-state index contributed by atoms with van der Waals surface area (Å²) in [5.74, 6) is 0.605. The fourth-order valence-electron chi connectivity index (χ4n) is 2.11. The lowest BCUT2D eigenvalue weighted by Gasteiger charge is -2.16. The van der Waals surface area contributed by atoms with Gasteiger partial charge in [0.2, 0.25) is 0 Å². The SMILES string of the molecule is Cc1cc2c(cc1Cl)OCCCC2S(C)(=O)=O. The van der Waals surface area contributed by atoms with Gasteiger partial charge in [-0.3, -0.25) is 0 Å². The summed E-state index contributed by atoms with van der Waals surface area (Å²) in [4.78, 5) is 0. The van der Waals surface area contributed by atoms with Crippen LogP contribution in [0.1, 0.15) is 29.2 Å². The van der Waals surface area contributed by atoms with Crippen LogP contribution in [-0.2, 0) is 9.84 Å². The molecule has 1 atom stereocenters. The van der Waals surface area contributed by atoms with Crippen molar-refractivity contribution in [3.8, 4) is 5.75 Å². The number of aryl methyl sites for hydroxylation is 1. The Kier molecular flexibility index (Phi) is 3.36. The number of fused-ring (bicyclic) bond motifs is 1. The molecule has 0 N–H and O–H groups in total. The van der Waals surface area contributed by atoms with E-state index in [2.05, 4.69) is 0 Å². The number of benzene rings is 1. The minimum atomic E-state index is -3.12. The number of halogens is 1. The lowest BCUT2D eigenvalue weighted by Crippen LogP contribution is -2.11. The maximum Gasteiger partial charge on any atom is 0.154 e. The zero-order valence-electron chi connectivity index (χ0n) is 9.86. The number of ether oxygens (including phenoxy) is 1. The predicted molar refractivity (Wildman–Crippen MR) is 68.5 cm³/mol. The van der Waals surface area contributed by atoms with Crippen LogP contribution >= 0.6 is 11.6 Å². The van der Waals surface area contributed by atoms with Gasteiger partial charge in [-0.1, -0.05) is 11.6 Å². The predicted octanol–water partition coefficient (Wildman–Crippen LogP) is 2.91. The van der Waals surface area contributed by atoms with Gasteiger partial charge in [-0.25, -0.2) is 8.42 Å². The molecule has 0 amide bonds. The van der Waals surface area contributed by atoms with E-state index in [9.17, 15) is 8.42 Å². The average Bonchev–Trinajstić information content (AvgIpc) is 2.40. The normalized spacial score (nSPS) is 20.3. The molecule has 17 heavy (non-hydrogen) atoms. The van der Waals surface area contributed by atoms with Crippen LogP contribution in [0.5, 0.6) is 5.75 Å². The maximum absolute atomic E-state index is 11.8. The van der Waals surface area contributed by atoms with Gasteiger partial charge in [0.1, 0.15) is 5.75 Å². The smallest absolute Gasteiger partial charge is 0.154 e. The van der Waals surface area contributed by atoms with Crippen molar-refractivity contribution in [2.24, 2.45) is 0 Å². The Hall–Kier alpha value is -0.740. The van der Waals surface area contributed by atoms with Crippen LogP contribution in [0.3, 0.4) is 0 Å². The zero-order chi connectivity index (χ0) is 12.6. The highest BCUT2D eigenvalue weighted by molar-refractivity contribution is 7.90. The molecule has 0 radical (unpaired) electrons. The molecule has 1 heterocycles. The number of sulfone groups is 1. The molecule has 0 bridgehead atoms. The molecule has 0 saturated carbocycles. The van der Waals surface area contributed by atoms with Crippen LogP contribution < -0.4 is 4.74 Å². The van der Waals surface area contributed by atoms with Crippen molar-refractivity contribution in [2.75, 3.05) is 12.9 Å². The Labute approximate surface area is 107 Å². The van der Waals surface area contributed by atoms with Gasteiger partial charge >= 0.3 is 0 Å². The zero-order valence-corrected chi connectivity index (χ0v) is 11.4. The molecule has 1 aliphatic rings. The Morgan fingerprint density at radius 1 is 1.41 bits per heavy atom. The molecular formula is C12H15ClO3S. The lowest BCUT2D eigenvalue weighted by molar-refractivity contribution is 0.316. The van der Waals surface area contributed by atoms with Crippen LogP contribution in [0.25, 0.3) is 0 Å². The van der Waals surface area contributed by atoms with Crippen LogP contribution in [0, 0.1) is 6.92 Å². The van der Waals surface area contributed by atoms with E-state index in [4.69, 9.17) is 16.3 Å². The van der Waals surface area contributed by atoms with Crippen molar-refractivity contribution in [1.29, 1.82) is 0 Å². The molecule has 0 aliphatic carbocycles. The summed E-state index contributed by atoms with van der Waals surface area (Å²) >= 11 is 6.03. The fourth-order valence-corrected chi connectivity index (χ4v) is 3.51. The largest absolute Gasteiger partial charge is 0.493 e. The van der Waals surface area contributed by atoms with Crippen molar-refractivity contribution in [2.45, 2.75) is 25.0 Å². The molecule has 1 unspecified atom stereocenters. The molecule has 1 aromatic carbocycles. The molecule has 2 rings (SSSR count). The van der Waals surface area contributed by atoms with Crippen molar-refractivity contribution in [3.63, 3.8) is 0 Å². The van der Waals surface area contributed by atoms with E-state index in [0.29, 0.717) is 23.8 Å². The molecule has 1 aromatic rings. The molecule has 3 nitrogen and oxygen atoms in total. The topological polar surface area (TPSA) is 43.4 Å². The summed E-state index contributed by atoms with van der Waals surface area (Å²) in [7, 11) is -3.12. The second-order valence-electron chi connectivity index (χ2n) is 4.45. The molecule has 5 heteroatoms. The van der Waals surface area contributed by atoms with Crippen LogP contribution in [0.15, 0.2) is 12.1 Å². The molecule has 1 aliphatic heterocycles. The monoisotopic (exact) mass is 274 g/mol. The highest BCUT2D eigenvalue weighted by Crippen LogP contribution is 2.39. The third-order valence-corrected chi connectivity index (χ3v) is 4.95. The van der Waals surface area contributed by atoms with Gasteiger partial charge in [-0.15, -0.1) is 0 Å². The third-order valence-electron chi connectivity index (χ3n) is 3.02. The molecule has 0 spiro atoms. The molecule has 0 fully saturated rings. The first-order valence-electron chi connectivity index (χ1n) is 5.51. The highest BCUT2D eigenvalue weighted by atomic mass is 35.5. The lowest BCUT2D eigenvalue weighted by atomic mass is 10.1. The van der Waals surface area contributed by atoms with Gasteiger partial charge in [0.15, 0.2) is 9.84 Å². The average molecular weight is 275 g/mol. The van der Waals surface area contributed by atoms with E-state index in [0.717, 1.165) is 17.5 Å². The van der Waals surface area contributed by atoms with Gasteiger partial charge in [-0.2, -0.15) is 0 Å². The van der Waals surface area contributed by atoms with Crippen LogP contribution in [0.2, 0.25) is 5.02 Å². The van der Waals surface area contributed by atoms with E-state index < -0.39 is 15.1 Å². The van der Waals surface area contributed by atoms with Crippen molar-refractivity contribution < 1.29 is 13.2 Å². The van der Waals surface area contributed by atoms with Crippen LogP contribution in [0.4, 0.5) is 0 Å². The quantitative estimate of drug-likeness (QED) is 0.791. The Morgan fingerprint density at radius 3 is 2.76 bits per heavy atom. The summed E-state index contributed by atoms with van der Waals surface area (Å²) in [6, 6.07) is 3.55. The minimum Gasteiger partial charge on any atom is -0.493 e. The van der Waals surface area contributed by atoms with E-state index >= 15 is 0 Å². The number of hydrogen-bond donors (Lipinski definition) is 0.